The Balaban J connectivity index is 1.78. The van der Waals surface area contributed by atoms with Crippen LogP contribution < -0.4 is 0 Å². The van der Waals surface area contributed by atoms with E-state index in [2.05, 4.69) is 25.8 Å². The molecule has 3 nitrogen and oxygen atoms in total. The molecule has 6 heteroatoms. The van der Waals surface area contributed by atoms with Crippen LogP contribution in [-0.2, 0) is 13.1 Å². The molecule has 0 spiro atoms. The van der Waals surface area contributed by atoms with E-state index in [1.807, 2.05) is 30.3 Å². The molecule has 0 fully saturated rings. The molecule has 0 aliphatic carbocycles. The van der Waals surface area contributed by atoms with Crippen molar-refractivity contribution in [2.24, 2.45) is 0 Å². The third-order valence-electron chi connectivity index (χ3n) is 4.30. The fourth-order valence-corrected chi connectivity index (χ4v) is 4.25. The van der Waals surface area contributed by atoms with Crippen molar-refractivity contribution in [3.63, 3.8) is 0 Å². The Labute approximate surface area is 151 Å². The van der Waals surface area contributed by atoms with Crippen molar-refractivity contribution in [2.75, 3.05) is 6.54 Å². The molecule has 2 heterocycles. The first kappa shape index (κ1) is 15.8. The third-order valence-corrected chi connectivity index (χ3v) is 5.20. The maximum absolute atomic E-state index is 14.3. The van der Waals surface area contributed by atoms with Crippen molar-refractivity contribution in [3.05, 3.63) is 68.5 Å². The number of nitrogens with one attached hydrogen (secondary N) is 1. The number of carbonyl (C=O) groups is 1. The molecule has 1 aliphatic rings. The van der Waals surface area contributed by atoms with Crippen LogP contribution in [0.15, 0.2) is 40.9 Å². The maximum Gasteiger partial charge on any atom is 0.193 e. The van der Waals surface area contributed by atoms with Gasteiger partial charge in [0.2, 0.25) is 0 Å². The number of fused-ring (bicyclic) bond motifs is 3. The van der Waals surface area contributed by atoms with Gasteiger partial charge in [-0.3, -0.25) is 9.69 Å². The minimum absolute atomic E-state index is 0.0292. The quantitative estimate of drug-likeness (QED) is 0.612. The van der Waals surface area contributed by atoms with E-state index in [1.165, 1.54) is 6.07 Å². The highest BCUT2D eigenvalue weighted by Crippen LogP contribution is 2.37. The summed E-state index contributed by atoms with van der Waals surface area (Å²) in [4.78, 5) is 17.5. The second-order valence-corrected chi connectivity index (χ2v) is 7.20. The van der Waals surface area contributed by atoms with Gasteiger partial charge in [0.25, 0.3) is 0 Å². The van der Waals surface area contributed by atoms with Crippen molar-refractivity contribution in [1.29, 1.82) is 0 Å². The summed E-state index contributed by atoms with van der Waals surface area (Å²) in [6.45, 7) is 1.56. The Morgan fingerprint density at radius 2 is 2.00 bits per heavy atom. The first-order valence-electron chi connectivity index (χ1n) is 7.52. The van der Waals surface area contributed by atoms with Crippen molar-refractivity contribution in [3.8, 4) is 0 Å². The lowest BCUT2D eigenvalue weighted by molar-refractivity contribution is 0.0891. The zero-order chi connectivity index (χ0) is 16.8. The van der Waals surface area contributed by atoms with Crippen LogP contribution in [0, 0.1) is 5.82 Å². The van der Waals surface area contributed by atoms with Crippen LogP contribution in [0.2, 0.25) is 5.02 Å². The summed E-state index contributed by atoms with van der Waals surface area (Å²) in [7, 11) is 0. The zero-order valence-corrected chi connectivity index (χ0v) is 14.9. The summed E-state index contributed by atoms with van der Waals surface area (Å²) in [6, 6.07) is 11.5. The van der Waals surface area contributed by atoms with Gasteiger partial charge in [-0.05, 0) is 11.6 Å². The lowest BCUT2D eigenvalue weighted by Gasteiger charge is -2.26. The number of ketones is 1. The van der Waals surface area contributed by atoms with Crippen molar-refractivity contribution < 1.29 is 9.18 Å². The molecule has 0 amide bonds. The molecule has 1 aromatic heterocycles. The summed E-state index contributed by atoms with van der Waals surface area (Å²) in [5.74, 6) is -0.558. The lowest BCUT2D eigenvalue weighted by atomic mass is 10.0. The first-order chi connectivity index (χ1) is 11.5. The smallest absolute Gasteiger partial charge is 0.193 e. The number of hydrogen-bond donors (Lipinski definition) is 1. The Hall–Kier alpha value is -1.69. The highest BCUT2D eigenvalue weighted by molar-refractivity contribution is 9.10. The van der Waals surface area contributed by atoms with E-state index >= 15 is 0 Å². The van der Waals surface area contributed by atoms with E-state index in [1.54, 1.807) is 0 Å². The number of halogens is 3. The van der Waals surface area contributed by atoms with Crippen LogP contribution >= 0.6 is 27.5 Å². The lowest BCUT2D eigenvalue weighted by Crippen LogP contribution is -2.34. The average Bonchev–Trinajstić information content (AvgIpc) is 2.94. The second kappa shape index (κ2) is 5.99. The maximum atomic E-state index is 14.3. The van der Waals surface area contributed by atoms with E-state index in [0.29, 0.717) is 35.2 Å². The molecule has 3 aromatic rings. The number of rotatable bonds is 2. The molecule has 1 aliphatic heterocycles. The van der Waals surface area contributed by atoms with Gasteiger partial charge in [-0.1, -0.05) is 57.9 Å². The fraction of sp³-hybridized carbons (Fsp3) is 0.167. The molecule has 0 radical (unpaired) electrons. The summed E-state index contributed by atoms with van der Waals surface area (Å²) in [6.07, 6.45) is 0. The molecule has 0 atom stereocenters. The number of carbonyl (C=O) groups excluding carboxylic acids is 1. The number of hydrogen-bond acceptors (Lipinski definition) is 2. The number of H-pyrrole nitrogens is 1. The Bertz CT molecular complexity index is 955. The average molecular weight is 408 g/mol. The number of aromatic amines is 1. The summed E-state index contributed by atoms with van der Waals surface area (Å²) in [5.41, 5.74) is 2.73. The van der Waals surface area contributed by atoms with Gasteiger partial charge in [0.15, 0.2) is 11.6 Å². The third kappa shape index (κ3) is 2.57. The van der Waals surface area contributed by atoms with Crippen LogP contribution in [-0.4, -0.2) is 22.2 Å². The van der Waals surface area contributed by atoms with Gasteiger partial charge in [-0.15, -0.1) is 0 Å². The van der Waals surface area contributed by atoms with Crippen LogP contribution in [0.25, 0.3) is 10.9 Å². The molecule has 2 aromatic carbocycles. The van der Waals surface area contributed by atoms with Crippen LogP contribution in [0.5, 0.6) is 0 Å². The van der Waals surface area contributed by atoms with Crippen LogP contribution in [0.4, 0.5) is 4.39 Å². The minimum Gasteiger partial charge on any atom is -0.349 e. The molecular weight excluding hydrogens is 395 g/mol. The summed E-state index contributed by atoms with van der Waals surface area (Å²) < 4.78 is 15.0. The molecule has 4 rings (SSSR count). The minimum atomic E-state index is -0.522. The van der Waals surface area contributed by atoms with Gasteiger partial charge in [-0.25, -0.2) is 4.39 Å². The predicted molar refractivity (Wildman–Crippen MR) is 95.9 cm³/mol. The highest BCUT2D eigenvalue weighted by Gasteiger charge is 2.29. The van der Waals surface area contributed by atoms with Gasteiger partial charge in [0.05, 0.1) is 22.8 Å². The van der Waals surface area contributed by atoms with Crippen molar-refractivity contribution >= 4 is 44.2 Å². The second-order valence-electron chi connectivity index (χ2n) is 5.94. The fourth-order valence-electron chi connectivity index (χ4n) is 3.24. The van der Waals surface area contributed by atoms with Crippen LogP contribution in [0.1, 0.15) is 21.6 Å². The number of Topliss-reactive ketones (excluding diaryl/α,β-unsaturated/α-hetero) is 1. The molecule has 24 heavy (non-hydrogen) atoms. The topological polar surface area (TPSA) is 36.1 Å². The zero-order valence-electron chi connectivity index (χ0n) is 12.6. The molecule has 0 saturated carbocycles. The normalized spacial score (nSPS) is 15.0. The van der Waals surface area contributed by atoms with E-state index in [0.717, 1.165) is 11.1 Å². The molecular formula is C18H13BrClFN2O. The van der Waals surface area contributed by atoms with Gasteiger partial charge in [0, 0.05) is 28.5 Å². The van der Waals surface area contributed by atoms with Gasteiger partial charge >= 0.3 is 0 Å². The number of aromatic nitrogens is 1. The number of benzene rings is 2. The Kier molecular flexibility index (Phi) is 3.95. The Morgan fingerprint density at radius 3 is 2.75 bits per heavy atom. The standard InChI is InChI=1S/C18H13BrClFN2O/c19-12-6-13(20)16(21)18-15(12)11-8-23(9-14(24)17(11)22-18)7-10-4-2-1-3-5-10/h1-6,22H,7-9H2. The van der Waals surface area contributed by atoms with E-state index < -0.39 is 5.82 Å². The molecule has 1 N–H and O–H groups in total. The highest BCUT2D eigenvalue weighted by atomic mass is 79.9. The molecule has 0 bridgehead atoms. The summed E-state index contributed by atoms with van der Waals surface area (Å²) >= 11 is 9.35. The van der Waals surface area contributed by atoms with Gasteiger partial charge in [-0.2, -0.15) is 0 Å². The van der Waals surface area contributed by atoms with E-state index in [-0.39, 0.29) is 16.3 Å². The van der Waals surface area contributed by atoms with Crippen molar-refractivity contribution in [2.45, 2.75) is 13.1 Å². The van der Waals surface area contributed by atoms with E-state index in [9.17, 15) is 9.18 Å². The van der Waals surface area contributed by atoms with Crippen LogP contribution in [0.3, 0.4) is 0 Å². The Morgan fingerprint density at radius 1 is 1.25 bits per heavy atom. The predicted octanol–water partition coefficient (Wildman–Crippen LogP) is 4.92. The van der Waals surface area contributed by atoms with Gasteiger partial charge in [0.1, 0.15) is 0 Å². The number of nitrogens with zero attached hydrogens (tertiary/aromatic N) is 1. The molecule has 122 valence electrons. The van der Waals surface area contributed by atoms with Crippen molar-refractivity contribution in [1.82, 2.24) is 9.88 Å². The molecule has 0 saturated heterocycles. The largest absolute Gasteiger partial charge is 0.349 e. The SMILES string of the molecule is O=C1CN(Cc2ccccc2)Cc2c1[nH]c1c(F)c(Cl)cc(Br)c21. The van der Waals surface area contributed by atoms with E-state index in [4.69, 9.17) is 11.6 Å². The first-order valence-corrected chi connectivity index (χ1v) is 8.69. The molecule has 0 unspecified atom stereocenters. The summed E-state index contributed by atoms with van der Waals surface area (Å²) in [5, 5.41) is 0.722. The monoisotopic (exact) mass is 406 g/mol. The van der Waals surface area contributed by atoms with Gasteiger partial charge < -0.3 is 4.98 Å².